The second-order valence-electron chi connectivity index (χ2n) is 3.95. The molecule has 0 amide bonds. The molecular formula is C13H13N5. The summed E-state index contributed by atoms with van der Waals surface area (Å²) in [6.45, 7) is 2.07. The van der Waals surface area contributed by atoms with Gasteiger partial charge in [0.15, 0.2) is 0 Å². The molecule has 0 unspecified atom stereocenters. The van der Waals surface area contributed by atoms with E-state index in [-0.39, 0.29) is 0 Å². The van der Waals surface area contributed by atoms with E-state index in [2.05, 4.69) is 27.3 Å². The van der Waals surface area contributed by atoms with Crippen LogP contribution < -0.4 is 5.32 Å². The highest BCUT2D eigenvalue weighted by Crippen LogP contribution is 2.17. The maximum absolute atomic E-state index is 4.41. The van der Waals surface area contributed by atoms with Crippen LogP contribution in [0.1, 0.15) is 12.6 Å². The SMILES string of the molecule is CCc1cc(Nc2ccccc2)n2ncnc2n1. The minimum atomic E-state index is 0.618. The van der Waals surface area contributed by atoms with Crippen molar-refractivity contribution in [1.29, 1.82) is 0 Å². The van der Waals surface area contributed by atoms with Crippen LogP contribution in [0.5, 0.6) is 0 Å². The number of rotatable bonds is 3. The summed E-state index contributed by atoms with van der Waals surface area (Å²) in [5.41, 5.74) is 2.01. The van der Waals surface area contributed by atoms with Gasteiger partial charge in [0.05, 0.1) is 0 Å². The first-order valence-electron chi connectivity index (χ1n) is 5.88. The average molecular weight is 239 g/mol. The molecule has 3 aromatic rings. The summed E-state index contributed by atoms with van der Waals surface area (Å²) in [5.74, 6) is 1.49. The fourth-order valence-electron chi connectivity index (χ4n) is 1.80. The maximum Gasteiger partial charge on any atom is 0.254 e. The fraction of sp³-hybridized carbons (Fsp3) is 0.154. The smallest absolute Gasteiger partial charge is 0.254 e. The van der Waals surface area contributed by atoms with Crippen molar-refractivity contribution < 1.29 is 0 Å². The highest BCUT2D eigenvalue weighted by atomic mass is 15.3. The number of anilines is 2. The van der Waals surface area contributed by atoms with Crippen molar-refractivity contribution in [1.82, 2.24) is 19.6 Å². The number of para-hydroxylation sites is 1. The van der Waals surface area contributed by atoms with E-state index in [1.54, 1.807) is 4.52 Å². The lowest BCUT2D eigenvalue weighted by Gasteiger charge is -2.08. The van der Waals surface area contributed by atoms with Gasteiger partial charge in [-0.3, -0.25) is 0 Å². The molecule has 5 heteroatoms. The van der Waals surface area contributed by atoms with Gasteiger partial charge in [0.1, 0.15) is 12.1 Å². The van der Waals surface area contributed by atoms with Crippen LogP contribution >= 0.6 is 0 Å². The molecule has 0 atom stereocenters. The highest BCUT2D eigenvalue weighted by Gasteiger charge is 2.06. The van der Waals surface area contributed by atoms with Crippen molar-refractivity contribution in [3.05, 3.63) is 48.4 Å². The molecule has 1 N–H and O–H groups in total. The van der Waals surface area contributed by atoms with Gasteiger partial charge in [-0.05, 0) is 18.6 Å². The van der Waals surface area contributed by atoms with Crippen LogP contribution in [0.2, 0.25) is 0 Å². The van der Waals surface area contributed by atoms with Crippen LogP contribution in [0, 0.1) is 0 Å². The van der Waals surface area contributed by atoms with Gasteiger partial charge in [0.25, 0.3) is 5.78 Å². The lowest BCUT2D eigenvalue weighted by atomic mass is 10.3. The quantitative estimate of drug-likeness (QED) is 0.762. The second kappa shape index (κ2) is 4.44. The van der Waals surface area contributed by atoms with E-state index in [9.17, 15) is 0 Å². The summed E-state index contributed by atoms with van der Waals surface area (Å²) in [7, 11) is 0. The van der Waals surface area contributed by atoms with Crippen molar-refractivity contribution in [3.8, 4) is 0 Å². The summed E-state index contributed by atoms with van der Waals surface area (Å²) in [6.07, 6.45) is 2.38. The molecule has 0 aliphatic heterocycles. The minimum absolute atomic E-state index is 0.618. The molecule has 5 nitrogen and oxygen atoms in total. The maximum atomic E-state index is 4.41. The number of nitrogens with zero attached hydrogens (tertiary/aromatic N) is 4. The Bertz CT molecular complexity index is 659. The minimum Gasteiger partial charge on any atom is -0.340 e. The predicted octanol–water partition coefficient (Wildman–Crippen LogP) is 2.43. The van der Waals surface area contributed by atoms with Crippen LogP contribution in [-0.4, -0.2) is 19.6 Å². The van der Waals surface area contributed by atoms with Gasteiger partial charge >= 0.3 is 0 Å². The van der Waals surface area contributed by atoms with Crippen molar-refractivity contribution in [2.45, 2.75) is 13.3 Å². The van der Waals surface area contributed by atoms with E-state index in [0.29, 0.717) is 5.78 Å². The Morgan fingerprint density at radius 3 is 2.83 bits per heavy atom. The van der Waals surface area contributed by atoms with E-state index in [0.717, 1.165) is 23.6 Å². The summed E-state index contributed by atoms with van der Waals surface area (Å²) in [4.78, 5) is 8.54. The Morgan fingerprint density at radius 1 is 1.22 bits per heavy atom. The third-order valence-corrected chi connectivity index (χ3v) is 2.71. The molecule has 3 rings (SSSR count). The number of nitrogens with one attached hydrogen (secondary N) is 1. The number of hydrogen-bond acceptors (Lipinski definition) is 4. The van der Waals surface area contributed by atoms with Crippen LogP contribution in [0.25, 0.3) is 5.78 Å². The fourth-order valence-corrected chi connectivity index (χ4v) is 1.80. The van der Waals surface area contributed by atoms with Gasteiger partial charge in [0, 0.05) is 17.4 Å². The average Bonchev–Trinajstić information content (AvgIpc) is 2.88. The number of hydrogen-bond donors (Lipinski definition) is 1. The molecule has 1 aromatic carbocycles. The molecule has 0 aliphatic carbocycles. The van der Waals surface area contributed by atoms with Gasteiger partial charge in [0.2, 0.25) is 0 Å². The molecule has 2 heterocycles. The van der Waals surface area contributed by atoms with Gasteiger partial charge in [-0.25, -0.2) is 4.98 Å². The van der Waals surface area contributed by atoms with Crippen LogP contribution in [0.15, 0.2) is 42.7 Å². The third kappa shape index (κ3) is 1.90. The Balaban J connectivity index is 2.07. The van der Waals surface area contributed by atoms with Gasteiger partial charge < -0.3 is 5.32 Å². The van der Waals surface area contributed by atoms with Gasteiger partial charge in [-0.2, -0.15) is 14.6 Å². The van der Waals surface area contributed by atoms with E-state index in [1.807, 2.05) is 36.4 Å². The molecule has 0 saturated heterocycles. The van der Waals surface area contributed by atoms with E-state index in [1.165, 1.54) is 6.33 Å². The zero-order valence-corrected chi connectivity index (χ0v) is 10.0. The summed E-state index contributed by atoms with van der Waals surface area (Å²) in [5, 5.41) is 7.50. The lowest BCUT2D eigenvalue weighted by Crippen LogP contribution is -2.03. The topological polar surface area (TPSA) is 55.1 Å². The first kappa shape index (κ1) is 10.7. The molecule has 0 saturated carbocycles. The molecule has 0 aliphatic rings. The lowest BCUT2D eigenvalue weighted by molar-refractivity contribution is 0.918. The molecule has 0 radical (unpaired) electrons. The van der Waals surface area contributed by atoms with Crippen LogP contribution in [0.4, 0.5) is 11.5 Å². The zero-order chi connectivity index (χ0) is 12.4. The molecule has 0 fully saturated rings. The molecule has 90 valence electrons. The van der Waals surface area contributed by atoms with Crippen LogP contribution in [-0.2, 0) is 6.42 Å². The normalized spacial score (nSPS) is 10.7. The van der Waals surface area contributed by atoms with E-state index in [4.69, 9.17) is 0 Å². The molecule has 2 aromatic heterocycles. The Morgan fingerprint density at radius 2 is 2.06 bits per heavy atom. The summed E-state index contributed by atoms with van der Waals surface area (Å²) < 4.78 is 1.70. The molecule has 0 spiro atoms. The molecule has 0 bridgehead atoms. The van der Waals surface area contributed by atoms with Crippen LogP contribution in [0.3, 0.4) is 0 Å². The van der Waals surface area contributed by atoms with Crippen molar-refractivity contribution in [3.63, 3.8) is 0 Å². The first-order chi connectivity index (χ1) is 8.86. The third-order valence-electron chi connectivity index (χ3n) is 2.71. The Kier molecular flexibility index (Phi) is 2.64. The molecular weight excluding hydrogens is 226 g/mol. The number of fused-ring (bicyclic) bond motifs is 1. The number of benzene rings is 1. The summed E-state index contributed by atoms with van der Waals surface area (Å²) in [6, 6.07) is 12.0. The Labute approximate surface area is 105 Å². The number of aryl methyl sites for hydroxylation is 1. The monoisotopic (exact) mass is 239 g/mol. The van der Waals surface area contributed by atoms with E-state index < -0.39 is 0 Å². The van der Waals surface area contributed by atoms with Gasteiger partial charge in [-0.1, -0.05) is 25.1 Å². The Hall–Kier alpha value is -2.43. The highest BCUT2D eigenvalue weighted by molar-refractivity contribution is 5.58. The standard InChI is InChI=1S/C13H13N5/c1-2-10-8-12(16-11-6-4-3-5-7-11)18-13(17-10)14-9-15-18/h3-9,16H,2H2,1H3. The molecule has 18 heavy (non-hydrogen) atoms. The zero-order valence-electron chi connectivity index (χ0n) is 10.0. The van der Waals surface area contributed by atoms with Gasteiger partial charge in [-0.15, -0.1) is 0 Å². The van der Waals surface area contributed by atoms with E-state index >= 15 is 0 Å². The van der Waals surface area contributed by atoms with Crippen molar-refractivity contribution in [2.24, 2.45) is 0 Å². The largest absolute Gasteiger partial charge is 0.340 e. The predicted molar refractivity (Wildman–Crippen MR) is 69.9 cm³/mol. The first-order valence-corrected chi connectivity index (χ1v) is 5.88. The van der Waals surface area contributed by atoms with Crippen molar-refractivity contribution in [2.75, 3.05) is 5.32 Å². The number of aromatic nitrogens is 4. The van der Waals surface area contributed by atoms with Crippen molar-refractivity contribution >= 4 is 17.3 Å². The second-order valence-corrected chi connectivity index (χ2v) is 3.95. The summed E-state index contributed by atoms with van der Waals surface area (Å²) >= 11 is 0.